The first-order valence-corrected chi connectivity index (χ1v) is 12.7. The number of allylic oxidation sites excluding steroid dienone is 4. The normalized spacial score (nSPS) is 23.1. The number of para-hydroxylation sites is 2. The summed E-state index contributed by atoms with van der Waals surface area (Å²) < 4.78 is 0. The third kappa shape index (κ3) is 3.72. The van der Waals surface area contributed by atoms with Crippen LogP contribution in [-0.4, -0.2) is 18.5 Å². The summed E-state index contributed by atoms with van der Waals surface area (Å²) in [6.07, 6.45) is 11.0. The molecule has 1 unspecified atom stereocenters. The number of hydrogen-bond donors (Lipinski definition) is 0. The van der Waals surface area contributed by atoms with Gasteiger partial charge in [-0.2, -0.15) is 0 Å². The minimum atomic E-state index is 0.405. The Kier molecular flexibility index (Phi) is 5.70. The van der Waals surface area contributed by atoms with Crippen molar-refractivity contribution >= 4 is 34.9 Å². The molecule has 2 aromatic rings. The van der Waals surface area contributed by atoms with Crippen LogP contribution in [0.3, 0.4) is 0 Å². The number of fused-ring (bicyclic) bond motifs is 2. The second-order valence-electron chi connectivity index (χ2n) is 7.87. The van der Waals surface area contributed by atoms with Gasteiger partial charge in [-0.05, 0) is 80.7 Å². The SMILES string of the molecule is CCN1/C(=C/C2=CC(=C/C3Sc4ccccc4N3CC)/CCC2)Sc2ccccc21. The van der Waals surface area contributed by atoms with Gasteiger partial charge in [0.2, 0.25) is 0 Å². The van der Waals surface area contributed by atoms with Crippen LogP contribution in [0.1, 0.15) is 33.1 Å². The predicted octanol–water partition coefficient (Wildman–Crippen LogP) is 7.46. The molecule has 30 heavy (non-hydrogen) atoms. The van der Waals surface area contributed by atoms with E-state index in [0.717, 1.165) is 13.1 Å². The number of hydrogen-bond acceptors (Lipinski definition) is 4. The fraction of sp³-hybridized carbons (Fsp3) is 0.308. The zero-order valence-electron chi connectivity index (χ0n) is 17.7. The van der Waals surface area contributed by atoms with Crippen molar-refractivity contribution in [3.05, 3.63) is 82.9 Å². The van der Waals surface area contributed by atoms with Crippen molar-refractivity contribution in [3.8, 4) is 0 Å². The zero-order chi connectivity index (χ0) is 20.5. The second kappa shape index (κ2) is 8.60. The van der Waals surface area contributed by atoms with Crippen molar-refractivity contribution in [1.82, 2.24) is 0 Å². The number of likely N-dealkylation sites (N-methyl/N-ethyl adjacent to an activating group) is 1. The Balaban J connectivity index is 1.40. The molecule has 1 aliphatic carbocycles. The molecule has 0 saturated heterocycles. The molecule has 2 aliphatic heterocycles. The minimum Gasteiger partial charge on any atom is -0.355 e. The molecule has 0 saturated carbocycles. The first-order chi connectivity index (χ1) is 14.8. The quantitative estimate of drug-likeness (QED) is 0.494. The molecule has 0 spiro atoms. The van der Waals surface area contributed by atoms with Gasteiger partial charge in [0.1, 0.15) is 0 Å². The van der Waals surface area contributed by atoms with Gasteiger partial charge in [0.05, 0.1) is 21.8 Å². The Morgan fingerprint density at radius 3 is 2.50 bits per heavy atom. The summed E-state index contributed by atoms with van der Waals surface area (Å²) in [7, 11) is 0. The Bertz CT molecular complexity index is 1040. The van der Waals surface area contributed by atoms with E-state index in [2.05, 4.69) is 90.4 Å². The third-order valence-corrected chi connectivity index (χ3v) is 8.33. The Morgan fingerprint density at radius 1 is 0.933 bits per heavy atom. The van der Waals surface area contributed by atoms with Crippen LogP contribution in [0.4, 0.5) is 11.4 Å². The van der Waals surface area contributed by atoms with Gasteiger partial charge in [-0.3, -0.25) is 0 Å². The lowest BCUT2D eigenvalue weighted by atomic mass is 9.94. The van der Waals surface area contributed by atoms with Crippen molar-refractivity contribution in [1.29, 1.82) is 0 Å². The molecule has 0 N–H and O–H groups in total. The van der Waals surface area contributed by atoms with Crippen LogP contribution in [0.5, 0.6) is 0 Å². The smallest absolute Gasteiger partial charge is 0.0988 e. The van der Waals surface area contributed by atoms with E-state index in [1.807, 2.05) is 23.5 Å². The highest BCUT2D eigenvalue weighted by Crippen LogP contribution is 2.47. The van der Waals surface area contributed by atoms with Gasteiger partial charge < -0.3 is 9.80 Å². The second-order valence-corrected chi connectivity index (χ2v) is 10.1. The summed E-state index contributed by atoms with van der Waals surface area (Å²) >= 11 is 3.89. The van der Waals surface area contributed by atoms with E-state index in [1.54, 1.807) is 0 Å². The van der Waals surface area contributed by atoms with E-state index in [1.165, 1.54) is 56.6 Å². The first kappa shape index (κ1) is 19.9. The van der Waals surface area contributed by atoms with Crippen LogP contribution in [0.2, 0.25) is 0 Å². The van der Waals surface area contributed by atoms with Gasteiger partial charge >= 0.3 is 0 Å². The lowest BCUT2D eigenvalue weighted by molar-refractivity contribution is 0.786. The van der Waals surface area contributed by atoms with E-state index >= 15 is 0 Å². The average Bonchev–Trinajstić information content (AvgIpc) is 3.30. The third-order valence-electron chi connectivity index (χ3n) is 5.99. The van der Waals surface area contributed by atoms with Crippen molar-refractivity contribution in [2.24, 2.45) is 0 Å². The number of thioether (sulfide) groups is 2. The molecule has 0 bridgehead atoms. The maximum absolute atomic E-state index is 2.52. The molecule has 2 heterocycles. The zero-order valence-corrected chi connectivity index (χ0v) is 19.3. The molecule has 5 rings (SSSR count). The molecule has 1 atom stereocenters. The summed E-state index contributed by atoms with van der Waals surface area (Å²) in [5.41, 5.74) is 5.68. The van der Waals surface area contributed by atoms with Crippen LogP contribution in [-0.2, 0) is 0 Å². The summed E-state index contributed by atoms with van der Waals surface area (Å²) in [5.74, 6) is 0. The van der Waals surface area contributed by atoms with Crippen molar-refractivity contribution in [2.45, 2.75) is 48.3 Å². The van der Waals surface area contributed by atoms with Gasteiger partial charge in [0.25, 0.3) is 0 Å². The van der Waals surface area contributed by atoms with Gasteiger partial charge in [-0.15, -0.1) is 0 Å². The Hall–Kier alpha value is -2.04. The van der Waals surface area contributed by atoms with E-state index in [9.17, 15) is 0 Å². The van der Waals surface area contributed by atoms with Gasteiger partial charge in [0.15, 0.2) is 0 Å². The Labute approximate surface area is 188 Å². The molecule has 154 valence electrons. The van der Waals surface area contributed by atoms with Crippen LogP contribution in [0, 0.1) is 0 Å². The van der Waals surface area contributed by atoms with Crippen LogP contribution in [0.15, 0.2) is 92.7 Å². The molecule has 3 aliphatic rings. The van der Waals surface area contributed by atoms with Gasteiger partial charge in [-0.25, -0.2) is 0 Å². The summed E-state index contributed by atoms with van der Waals surface area (Å²) in [6, 6.07) is 17.6. The molecule has 2 nitrogen and oxygen atoms in total. The number of benzene rings is 2. The molecule has 0 aromatic heterocycles. The Morgan fingerprint density at radius 2 is 1.70 bits per heavy atom. The molecular formula is C26H28N2S2. The molecule has 0 radical (unpaired) electrons. The van der Waals surface area contributed by atoms with Gasteiger partial charge in [0, 0.05) is 22.9 Å². The molecule has 2 aromatic carbocycles. The lowest BCUT2D eigenvalue weighted by Gasteiger charge is -2.24. The average molecular weight is 433 g/mol. The van der Waals surface area contributed by atoms with E-state index in [4.69, 9.17) is 0 Å². The molecule has 0 amide bonds. The molecule has 4 heteroatoms. The molecular weight excluding hydrogens is 404 g/mol. The standard InChI is InChI=1S/C26H28N2S2/c1-3-27-21-12-5-7-14-23(21)29-25(27)17-19-10-9-11-20(16-19)18-26-28(4-2)22-13-6-8-15-24(22)30-26/h5-8,12-18,25H,3-4,9-11H2,1-2H3/b19-17+,26-18-. The van der Waals surface area contributed by atoms with E-state index in [-0.39, 0.29) is 0 Å². The molecule has 0 fully saturated rings. The maximum Gasteiger partial charge on any atom is 0.0988 e. The fourth-order valence-corrected chi connectivity index (χ4v) is 7.11. The topological polar surface area (TPSA) is 6.48 Å². The van der Waals surface area contributed by atoms with Crippen LogP contribution in [0.25, 0.3) is 0 Å². The predicted molar refractivity (Wildman–Crippen MR) is 133 cm³/mol. The monoisotopic (exact) mass is 432 g/mol. The lowest BCUT2D eigenvalue weighted by Crippen LogP contribution is -2.27. The largest absolute Gasteiger partial charge is 0.355 e. The summed E-state index contributed by atoms with van der Waals surface area (Å²) in [4.78, 5) is 7.75. The highest BCUT2D eigenvalue weighted by molar-refractivity contribution is 8.03. The van der Waals surface area contributed by atoms with Crippen molar-refractivity contribution in [2.75, 3.05) is 22.9 Å². The van der Waals surface area contributed by atoms with Crippen molar-refractivity contribution < 1.29 is 0 Å². The van der Waals surface area contributed by atoms with E-state index < -0.39 is 0 Å². The highest BCUT2D eigenvalue weighted by atomic mass is 32.2. The first-order valence-electron chi connectivity index (χ1n) is 11.0. The highest BCUT2D eigenvalue weighted by Gasteiger charge is 2.28. The van der Waals surface area contributed by atoms with Crippen molar-refractivity contribution in [3.63, 3.8) is 0 Å². The fourth-order valence-electron chi connectivity index (χ4n) is 4.55. The van der Waals surface area contributed by atoms with Crippen LogP contribution < -0.4 is 9.80 Å². The van der Waals surface area contributed by atoms with E-state index in [0.29, 0.717) is 5.37 Å². The summed E-state index contributed by atoms with van der Waals surface area (Å²) in [5, 5.41) is 1.77. The number of anilines is 2. The summed E-state index contributed by atoms with van der Waals surface area (Å²) in [6.45, 7) is 6.55. The number of nitrogens with zero attached hydrogens (tertiary/aromatic N) is 2. The minimum absolute atomic E-state index is 0.405. The van der Waals surface area contributed by atoms with Crippen LogP contribution >= 0.6 is 23.5 Å². The van der Waals surface area contributed by atoms with Gasteiger partial charge in [-0.1, -0.05) is 53.9 Å². The maximum atomic E-state index is 2.52. The number of rotatable bonds is 4.